The van der Waals surface area contributed by atoms with Gasteiger partial charge in [0.2, 0.25) is 10.0 Å². The second-order valence-electron chi connectivity index (χ2n) is 7.15. The second-order valence-corrected chi connectivity index (χ2v) is 9.09. The van der Waals surface area contributed by atoms with E-state index in [0.717, 1.165) is 19.3 Å². The minimum absolute atomic E-state index is 0.0291. The zero-order valence-electron chi connectivity index (χ0n) is 17.0. The number of ether oxygens (including phenoxy) is 1. The number of nitrogens with one attached hydrogen (secondary N) is 2. The first-order chi connectivity index (χ1) is 14.8. The fraction of sp³-hybridized carbons (Fsp3) is 0.333. The first kappa shape index (κ1) is 22.7. The second kappa shape index (κ2) is 9.88. The highest BCUT2D eigenvalue weighted by atomic mass is 32.2. The fourth-order valence-electron chi connectivity index (χ4n) is 3.12. The summed E-state index contributed by atoms with van der Waals surface area (Å²) in [4.78, 5) is 24.6. The molecule has 2 amide bonds. The predicted molar refractivity (Wildman–Crippen MR) is 111 cm³/mol. The quantitative estimate of drug-likeness (QED) is 0.658. The summed E-state index contributed by atoms with van der Waals surface area (Å²) in [6.45, 7) is 2.39. The Morgan fingerprint density at radius 2 is 1.71 bits per heavy atom. The van der Waals surface area contributed by atoms with Crippen LogP contribution in [0.1, 0.15) is 36.5 Å². The van der Waals surface area contributed by atoms with Crippen molar-refractivity contribution in [1.82, 2.24) is 15.2 Å². The highest BCUT2D eigenvalue weighted by Crippen LogP contribution is 2.21. The van der Waals surface area contributed by atoms with Gasteiger partial charge in [-0.3, -0.25) is 20.4 Å². The van der Waals surface area contributed by atoms with E-state index in [1.165, 1.54) is 59.8 Å². The number of nitrogens with zero attached hydrogens (tertiary/aromatic N) is 1. The number of sulfonamides is 1. The molecular weight excluding hydrogens is 425 g/mol. The third-order valence-electron chi connectivity index (χ3n) is 4.84. The molecule has 1 fully saturated rings. The third kappa shape index (κ3) is 5.80. The number of amides is 2. The van der Waals surface area contributed by atoms with E-state index < -0.39 is 33.8 Å². The van der Waals surface area contributed by atoms with E-state index in [2.05, 4.69) is 10.9 Å². The molecule has 0 aliphatic carbocycles. The molecule has 0 bridgehead atoms. The van der Waals surface area contributed by atoms with Gasteiger partial charge in [-0.2, -0.15) is 4.31 Å². The largest absolute Gasteiger partial charge is 0.481 e. The Morgan fingerprint density at radius 3 is 2.39 bits per heavy atom. The first-order valence-corrected chi connectivity index (χ1v) is 11.3. The third-order valence-corrected chi connectivity index (χ3v) is 6.74. The van der Waals surface area contributed by atoms with E-state index in [0.29, 0.717) is 18.8 Å². The van der Waals surface area contributed by atoms with Crippen molar-refractivity contribution in [2.75, 3.05) is 13.1 Å². The van der Waals surface area contributed by atoms with Crippen molar-refractivity contribution in [3.8, 4) is 5.75 Å². The SMILES string of the molecule is CC(Oc1ccc(F)cc1)C(=O)NNC(=O)c1cccc(S(=O)(=O)N2CCCCC2)c1. The van der Waals surface area contributed by atoms with Gasteiger partial charge in [0, 0.05) is 18.7 Å². The van der Waals surface area contributed by atoms with Crippen molar-refractivity contribution >= 4 is 21.8 Å². The molecule has 1 saturated heterocycles. The van der Waals surface area contributed by atoms with Crippen LogP contribution in [-0.2, 0) is 14.8 Å². The lowest BCUT2D eigenvalue weighted by Crippen LogP contribution is -2.47. The minimum atomic E-state index is -3.68. The van der Waals surface area contributed by atoms with E-state index in [-0.39, 0.29) is 10.5 Å². The van der Waals surface area contributed by atoms with Crippen LogP contribution in [0.15, 0.2) is 53.4 Å². The van der Waals surface area contributed by atoms with Gasteiger partial charge in [0.1, 0.15) is 11.6 Å². The Hall–Kier alpha value is -2.98. The molecule has 2 aromatic carbocycles. The average molecular weight is 450 g/mol. The lowest BCUT2D eigenvalue weighted by atomic mass is 10.2. The normalized spacial score (nSPS) is 15.7. The first-order valence-electron chi connectivity index (χ1n) is 9.90. The molecule has 31 heavy (non-hydrogen) atoms. The number of carbonyl (C=O) groups is 2. The fourth-order valence-corrected chi connectivity index (χ4v) is 4.68. The Kier molecular flexibility index (Phi) is 7.24. The van der Waals surface area contributed by atoms with Crippen molar-refractivity contribution in [3.63, 3.8) is 0 Å². The summed E-state index contributed by atoms with van der Waals surface area (Å²) in [7, 11) is -3.68. The molecule has 1 aliphatic rings. The molecule has 1 atom stereocenters. The molecule has 1 unspecified atom stereocenters. The van der Waals surface area contributed by atoms with Crippen LogP contribution in [0.2, 0.25) is 0 Å². The topological polar surface area (TPSA) is 105 Å². The Balaban J connectivity index is 1.59. The maximum atomic E-state index is 12.9. The Bertz CT molecular complexity index is 1040. The molecule has 166 valence electrons. The number of benzene rings is 2. The average Bonchev–Trinajstić information content (AvgIpc) is 2.79. The van der Waals surface area contributed by atoms with Gasteiger partial charge < -0.3 is 4.74 Å². The van der Waals surface area contributed by atoms with Crippen LogP contribution in [0, 0.1) is 5.82 Å². The lowest BCUT2D eigenvalue weighted by molar-refractivity contribution is -0.128. The zero-order valence-corrected chi connectivity index (χ0v) is 17.8. The molecule has 3 rings (SSSR count). The summed E-state index contributed by atoms with van der Waals surface area (Å²) in [5.41, 5.74) is 4.57. The molecule has 0 aromatic heterocycles. The summed E-state index contributed by atoms with van der Waals surface area (Å²) in [5.74, 6) is -1.43. The van der Waals surface area contributed by atoms with Gasteiger partial charge in [0.25, 0.3) is 11.8 Å². The maximum absolute atomic E-state index is 12.9. The summed E-state index contributed by atoms with van der Waals surface area (Å²) >= 11 is 0. The highest BCUT2D eigenvalue weighted by molar-refractivity contribution is 7.89. The number of halogens is 1. The molecular formula is C21H24FN3O5S. The van der Waals surface area contributed by atoms with Crippen LogP contribution >= 0.6 is 0 Å². The molecule has 1 aliphatic heterocycles. The van der Waals surface area contributed by atoms with Crippen molar-refractivity contribution in [2.45, 2.75) is 37.2 Å². The summed E-state index contributed by atoms with van der Waals surface area (Å²) in [5, 5.41) is 0. The standard InChI is InChI=1S/C21H24FN3O5S/c1-15(30-18-10-8-17(22)9-11-18)20(26)23-24-21(27)16-6-5-7-19(14-16)31(28,29)25-12-3-2-4-13-25/h5-11,14-15H,2-4,12-13H2,1H3,(H,23,26)(H,24,27). The van der Waals surface area contributed by atoms with E-state index in [1.54, 1.807) is 0 Å². The monoisotopic (exact) mass is 449 g/mol. The molecule has 0 spiro atoms. The molecule has 2 N–H and O–H groups in total. The van der Waals surface area contributed by atoms with Gasteiger partial charge in [-0.15, -0.1) is 0 Å². The number of hydrazine groups is 1. The van der Waals surface area contributed by atoms with Gasteiger partial charge >= 0.3 is 0 Å². The van der Waals surface area contributed by atoms with Gasteiger partial charge in [0.15, 0.2) is 6.10 Å². The van der Waals surface area contributed by atoms with Gasteiger partial charge in [-0.05, 0) is 62.2 Å². The molecule has 0 radical (unpaired) electrons. The van der Waals surface area contributed by atoms with E-state index >= 15 is 0 Å². The lowest BCUT2D eigenvalue weighted by Gasteiger charge is -2.26. The van der Waals surface area contributed by atoms with Crippen LogP contribution in [0.4, 0.5) is 4.39 Å². The molecule has 1 heterocycles. The van der Waals surface area contributed by atoms with Crippen LogP contribution in [0.25, 0.3) is 0 Å². The van der Waals surface area contributed by atoms with Crippen molar-refractivity contribution in [1.29, 1.82) is 0 Å². The number of hydrogen-bond acceptors (Lipinski definition) is 5. The van der Waals surface area contributed by atoms with E-state index in [1.807, 2.05) is 0 Å². The maximum Gasteiger partial charge on any atom is 0.279 e. The van der Waals surface area contributed by atoms with Crippen molar-refractivity contribution in [2.24, 2.45) is 0 Å². The predicted octanol–water partition coefficient (Wildman–Crippen LogP) is 2.23. The van der Waals surface area contributed by atoms with Crippen LogP contribution in [0.5, 0.6) is 5.75 Å². The summed E-state index contributed by atoms with van der Waals surface area (Å²) in [6, 6.07) is 10.8. The Labute approximate surface area is 180 Å². The van der Waals surface area contributed by atoms with Gasteiger partial charge in [-0.25, -0.2) is 12.8 Å². The van der Waals surface area contributed by atoms with Crippen LogP contribution in [0.3, 0.4) is 0 Å². The van der Waals surface area contributed by atoms with Crippen molar-refractivity contribution in [3.05, 3.63) is 59.9 Å². The summed E-state index contributed by atoms with van der Waals surface area (Å²) < 4.78 is 45.3. The number of hydrogen-bond donors (Lipinski definition) is 2. The smallest absolute Gasteiger partial charge is 0.279 e. The minimum Gasteiger partial charge on any atom is -0.481 e. The van der Waals surface area contributed by atoms with E-state index in [9.17, 15) is 22.4 Å². The molecule has 0 saturated carbocycles. The zero-order chi connectivity index (χ0) is 22.4. The number of carbonyl (C=O) groups excluding carboxylic acids is 2. The molecule has 8 nitrogen and oxygen atoms in total. The van der Waals surface area contributed by atoms with Gasteiger partial charge in [0.05, 0.1) is 4.90 Å². The van der Waals surface area contributed by atoms with Crippen LogP contribution in [-0.4, -0.2) is 43.7 Å². The molecule has 10 heteroatoms. The number of piperidine rings is 1. The number of rotatable bonds is 6. The molecule has 2 aromatic rings. The van der Waals surface area contributed by atoms with Crippen LogP contribution < -0.4 is 15.6 Å². The summed E-state index contributed by atoms with van der Waals surface area (Å²) in [6.07, 6.45) is 1.65. The van der Waals surface area contributed by atoms with Crippen molar-refractivity contribution < 1.29 is 27.1 Å². The highest BCUT2D eigenvalue weighted by Gasteiger charge is 2.26. The van der Waals surface area contributed by atoms with E-state index in [4.69, 9.17) is 4.74 Å². The van der Waals surface area contributed by atoms with Gasteiger partial charge in [-0.1, -0.05) is 12.5 Å². The Morgan fingerprint density at radius 1 is 1.03 bits per heavy atom.